The quantitative estimate of drug-likeness (QED) is 0.273. The Morgan fingerprint density at radius 1 is 0.974 bits per heavy atom. The number of carbonyl (C=O) groups excluding carboxylic acids is 2. The van der Waals surface area contributed by atoms with Gasteiger partial charge in [0.1, 0.15) is 0 Å². The molecule has 1 amide bonds. The Morgan fingerprint density at radius 3 is 2.21 bits per heavy atom. The topological polar surface area (TPSA) is 102 Å². The highest BCUT2D eigenvalue weighted by Gasteiger charge is 2.52. The number of hydrogen-bond acceptors (Lipinski definition) is 6. The number of nitrogens with one attached hydrogen (secondary N) is 1. The van der Waals surface area contributed by atoms with E-state index < -0.39 is 17.4 Å². The summed E-state index contributed by atoms with van der Waals surface area (Å²) in [5, 5.41) is 17.7. The van der Waals surface area contributed by atoms with Gasteiger partial charge in [-0.15, -0.1) is 0 Å². The SMILES string of the molecule is CCOC(=O)C1(c2ccc(-c3ccc(-c4onc(C)c4[C@@H](O)C(=O)NCCc4ccccc4)cc3)cc2)CC1. The Morgan fingerprint density at radius 2 is 1.59 bits per heavy atom. The first-order chi connectivity index (χ1) is 18.9. The smallest absolute Gasteiger partial charge is 0.316 e. The van der Waals surface area contributed by atoms with Crippen LogP contribution in [0, 0.1) is 6.92 Å². The zero-order valence-electron chi connectivity index (χ0n) is 22.1. The molecule has 200 valence electrons. The van der Waals surface area contributed by atoms with Crippen molar-refractivity contribution in [1.82, 2.24) is 10.5 Å². The molecule has 0 radical (unpaired) electrons. The molecule has 3 aromatic carbocycles. The lowest BCUT2D eigenvalue weighted by Gasteiger charge is -2.15. The summed E-state index contributed by atoms with van der Waals surface area (Å²) < 4.78 is 10.8. The lowest BCUT2D eigenvalue weighted by molar-refractivity contribution is -0.146. The van der Waals surface area contributed by atoms with Crippen molar-refractivity contribution in [2.24, 2.45) is 0 Å². The predicted octanol–water partition coefficient (Wildman–Crippen LogP) is 5.30. The van der Waals surface area contributed by atoms with E-state index in [0.717, 1.165) is 35.1 Å². The number of benzene rings is 3. The van der Waals surface area contributed by atoms with Gasteiger partial charge in [0.2, 0.25) is 0 Å². The normalized spacial score (nSPS) is 14.4. The van der Waals surface area contributed by atoms with Gasteiger partial charge in [-0.1, -0.05) is 84.0 Å². The maximum atomic E-state index is 12.7. The molecule has 2 N–H and O–H groups in total. The number of nitrogens with zero attached hydrogens (tertiary/aromatic N) is 1. The van der Waals surface area contributed by atoms with Gasteiger partial charge in [0.25, 0.3) is 5.91 Å². The minimum atomic E-state index is -1.40. The van der Waals surface area contributed by atoms with Gasteiger partial charge in [0, 0.05) is 12.1 Å². The van der Waals surface area contributed by atoms with Gasteiger partial charge >= 0.3 is 5.97 Å². The summed E-state index contributed by atoms with van der Waals surface area (Å²) in [5.41, 5.74) is 5.13. The van der Waals surface area contributed by atoms with E-state index in [9.17, 15) is 14.7 Å². The number of aromatic nitrogens is 1. The van der Waals surface area contributed by atoms with Gasteiger partial charge in [-0.2, -0.15) is 0 Å². The van der Waals surface area contributed by atoms with E-state index in [0.29, 0.717) is 42.2 Å². The molecule has 4 aromatic rings. The van der Waals surface area contributed by atoms with Gasteiger partial charge in [-0.3, -0.25) is 9.59 Å². The largest absolute Gasteiger partial charge is 0.465 e. The molecule has 1 atom stereocenters. The zero-order chi connectivity index (χ0) is 27.4. The molecule has 0 spiro atoms. The molecule has 7 nitrogen and oxygen atoms in total. The highest BCUT2D eigenvalue weighted by atomic mass is 16.5. The Hall–Kier alpha value is -4.23. The van der Waals surface area contributed by atoms with E-state index in [2.05, 4.69) is 10.5 Å². The molecule has 1 saturated carbocycles. The van der Waals surface area contributed by atoms with Crippen molar-refractivity contribution in [2.75, 3.05) is 13.2 Å². The monoisotopic (exact) mass is 524 g/mol. The lowest BCUT2D eigenvalue weighted by atomic mass is 9.93. The molecule has 0 bridgehead atoms. The number of hydrogen-bond donors (Lipinski definition) is 2. The van der Waals surface area contributed by atoms with Crippen LogP contribution < -0.4 is 5.32 Å². The molecule has 0 aliphatic heterocycles. The average molecular weight is 525 g/mol. The molecule has 1 aromatic heterocycles. The van der Waals surface area contributed by atoms with Crippen LogP contribution in [0.5, 0.6) is 0 Å². The van der Waals surface area contributed by atoms with Gasteiger partial charge in [0.15, 0.2) is 11.9 Å². The molecule has 0 unspecified atom stereocenters. The molecule has 1 aliphatic carbocycles. The second-order valence-corrected chi connectivity index (χ2v) is 9.90. The van der Waals surface area contributed by atoms with Crippen molar-refractivity contribution in [3.05, 3.63) is 101 Å². The summed E-state index contributed by atoms with van der Waals surface area (Å²) in [6, 6.07) is 25.5. The first kappa shape index (κ1) is 26.4. The molecule has 39 heavy (non-hydrogen) atoms. The number of aryl methyl sites for hydroxylation is 1. The number of aliphatic hydroxyl groups is 1. The van der Waals surface area contributed by atoms with Crippen LogP contribution in [0.2, 0.25) is 0 Å². The number of esters is 1. The number of aliphatic hydroxyl groups excluding tert-OH is 1. The Kier molecular flexibility index (Phi) is 7.61. The van der Waals surface area contributed by atoms with E-state index in [4.69, 9.17) is 9.26 Å². The van der Waals surface area contributed by atoms with Crippen LogP contribution in [-0.4, -0.2) is 35.3 Å². The summed E-state index contributed by atoms with van der Waals surface area (Å²) in [6.07, 6.45) is 0.898. The van der Waals surface area contributed by atoms with Crippen LogP contribution in [0.4, 0.5) is 0 Å². The summed E-state index contributed by atoms with van der Waals surface area (Å²) in [5.74, 6) is -0.274. The molecular weight excluding hydrogens is 492 g/mol. The first-order valence-electron chi connectivity index (χ1n) is 13.3. The zero-order valence-corrected chi connectivity index (χ0v) is 22.1. The maximum absolute atomic E-state index is 12.7. The number of amides is 1. The minimum Gasteiger partial charge on any atom is -0.465 e. The lowest BCUT2D eigenvalue weighted by Crippen LogP contribution is -2.31. The molecular formula is C32H32N2O5. The van der Waals surface area contributed by atoms with Crippen LogP contribution in [0.3, 0.4) is 0 Å². The van der Waals surface area contributed by atoms with Gasteiger partial charge in [0.05, 0.1) is 23.3 Å². The van der Waals surface area contributed by atoms with E-state index in [1.807, 2.05) is 85.8 Å². The second-order valence-electron chi connectivity index (χ2n) is 9.90. The Balaban J connectivity index is 1.27. The average Bonchev–Trinajstić information content (AvgIpc) is 3.70. The molecule has 5 rings (SSSR count). The molecule has 1 aliphatic rings. The van der Waals surface area contributed by atoms with Crippen LogP contribution in [0.15, 0.2) is 83.4 Å². The van der Waals surface area contributed by atoms with Gasteiger partial charge in [-0.05, 0) is 55.4 Å². The first-order valence-corrected chi connectivity index (χ1v) is 13.3. The van der Waals surface area contributed by atoms with E-state index in [-0.39, 0.29) is 5.97 Å². The fraction of sp³-hybridized carbons (Fsp3) is 0.281. The van der Waals surface area contributed by atoms with Gasteiger partial charge in [-0.25, -0.2) is 0 Å². The van der Waals surface area contributed by atoms with Crippen molar-refractivity contribution >= 4 is 11.9 Å². The third-order valence-electron chi connectivity index (χ3n) is 7.32. The van der Waals surface area contributed by atoms with Crippen LogP contribution in [0.1, 0.15) is 48.3 Å². The molecule has 1 heterocycles. The van der Waals surface area contributed by atoms with E-state index >= 15 is 0 Å². The standard InChI is InChI=1S/C32H32N2O5/c1-3-38-31(37)32(18-19-32)26-15-13-24(14-16-26)23-9-11-25(12-10-23)29-27(21(2)34-39-29)28(35)30(36)33-20-17-22-7-5-4-6-8-22/h4-16,28,35H,3,17-20H2,1-2H3,(H,33,36)/t28-/m1/s1. The van der Waals surface area contributed by atoms with E-state index in [1.54, 1.807) is 6.92 Å². The predicted molar refractivity (Wildman–Crippen MR) is 148 cm³/mol. The van der Waals surface area contributed by atoms with Crippen LogP contribution >= 0.6 is 0 Å². The summed E-state index contributed by atoms with van der Waals surface area (Å²) in [4.78, 5) is 25.1. The highest BCUT2D eigenvalue weighted by molar-refractivity contribution is 5.87. The fourth-order valence-corrected chi connectivity index (χ4v) is 4.91. The van der Waals surface area contributed by atoms with Gasteiger partial charge < -0.3 is 19.7 Å². The summed E-state index contributed by atoms with van der Waals surface area (Å²) in [7, 11) is 0. The molecule has 0 saturated heterocycles. The van der Waals surface area contributed by atoms with Crippen molar-refractivity contribution in [1.29, 1.82) is 0 Å². The van der Waals surface area contributed by atoms with Crippen molar-refractivity contribution < 1.29 is 24.0 Å². The minimum absolute atomic E-state index is 0.146. The fourth-order valence-electron chi connectivity index (χ4n) is 4.91. The van der Waals surface area contributed by atoms with E-state index in [1.165, 1.54) is 0 Å². The van der Waals surface area contributed by atoms with Crippen molar-refractivity contribution in [3.63, 3.8) is 0 Å². The van der Waals surface area contributed by atoms with Crippen LogP contribution in [-0.2, 0) is 26.2 Å². The van der Waals surface area contributed by atoms with Crippen molar-refractivity contribution in [2.45, 2.75) is 44.6 Å². The Bertz CT molecular complexity index is 1440. The third kappa shape index (κ3) is 5.49. The highest BCUT2D eigenvalue weighted by Crippen LogP contribution is 2.49. The third-order valence-corrected chi connectivity index (χ3v) is 7.32. The molecule has 1 fully saturated rings. The number of ether oxygens (including phenoxy) is 1. The summed E-state index contributed by atoms with van der Waals surface area (Å²) >= 11 is 0. The number of carbonyl (C=O) groups is 2. The Labute approximate surface area is 227 Å². The maximum Gasteiger partial charge on any atom is 0.316 e. The summed E-state index contributed by atoms with van der Waals surface area (Å²) in [6.45, 7) is 4.33. The number of rotatable bonds is 10. The molecule has 7 heteroatoms. The second kappa shape index (κ2) is 11.3. The van der Waals surface area contributed by atoms with Crippen LogP contribution in [0.25, 0.3) is 22.5 Å². The van der Waals surface area contributed by atoms with Crippen molar-refractivity contribution in [3.8, 4) is 22.5 Å².